The predicted molar refractivity (Wildman–Crippen MR) is 118 cm³/mol. The molecule has 0 spiro atoms. The molecule has 0 unspecified atom stereocenters. The number of hydrogen-bond donors (Lipinski definition) is 0. The third-order valence-electron chi connectivity index (χ3n) is 5.00. The molecule has 0 aliphatic carbocycles. The summed E-state index contributed by atoms with van der Waals surface area (Å²) in [6.45, 7) is 4.97. The van der Waals surface area contributed by atoms with E-state index in [1.54, 1.807) is 23.6 Å². The van der Waals surface area contributed by atoms with Crippen molar-refractivity contribution >= 4 is 11.2 Å². The molecule has 7 nitrogen and oxygen atoms in total. The van der Waals surface area contributed by atoms with Crippen LogP contribution in [0.25, 0.3) is 22.6 Å². The average molecular weight is 438 g/mol. The highest BCUT2D eigenvalue weighted by Gasteiger charge is 2.19. The number of aromatic nitrogens is 5. The lowest BCUT2D eigenvalue weighted by atomic mass is 10.2. The normalized spacial score (nSPS) is 11.5. The Morgan fingerprint density at radius 3 is 2.56 bits per heavy atom. The van der Waals surface area contributed by atoms with E-state index in [4.69, 9.17) is 4.74 Å². The summed E-state index contributed by atoms with van der Waals surface area (Å²) in [5.74, 6) is 0.601. The molecule has 0 bridgehead atoms. The van der Waals surface area contributed by atoms with Crippen LogP contribution in [0.1, 0.15) is 17.1 Å². The van der Waals surface area contributed by atoms with Crippen molar-refractivity contribution in [1.82, 2.24) is 29.4 Å². The molecule has 32 heavy (non-hydrogen) atoms. The first-order valence-corrected chi connectivity index (χ1v) is 10.2. The molecule has 0 saturated carbocycles. The van der Waals surface area contributed by atoms with Crippen LogP contribution in [0.3, 0.4) is 0 Å². The van der Waals surface area contributed by atoms with Gasteiger partial charge < -0.3 is 14.2 Å². The van der Waals surface area contributed by atoms with Crippen molar-refractivity contribution in [2.24, 2.45) is 0 Å². The molecule has 0 radical (unpaired) electrons. The van der Waals surface area contributed by atoms with Gasteiger partial charge in [0, 0.05) is 29.9 Å². The van der Waals surface area contributed by atoms with Crippen molar-refractivity contribution in [3.63, 3.8) is 0 Å². The number of rotatable bonds is 7. The fraction of sp³-hybridized carbons (Fsp3) is 0.304. The zero-order valence-corrected chi connectivity index (χ0v) is 18.4. The molecule has 4 aromatic rings. The molecule has 3 aromatic heterocycles. The van der Waals surface area contributed by atoms with Crippen molar-refractivity contribution in [1.29, 1.82) is 0 Å². The Kier molecular flexibility index (Phi) is 6.09. The lowest BCUT2D eigenvalue weighted by Crippen LogP contribution is -2.19. The van der Waals surface area contributed by atoms with E-state index in [-0.39, 0.29) is 6.54 Å². The van der Waals surface area contributed by atoms with Gasteiger partial charge in [0.2, 0.25) is 0 Å². The molecule has 0 saturated heterocycles. The van der Waals surface area contributed by atoms with Crippen LogP contribution in [0.15, 0.2) is 36.7 Å². The number of aryl methyl sites for hydroxylation is 2. The SMILES string of the molecule is Cc1nc(C)c2nc(-c3cncc(F)c3)n(Cc3ccc(OCCN(C)C)cc3F)c2n1. The van der Waals surface area contributed by atoms with E-state index < -0.39 is 11.6 Å². The fourth-order valence-corrected chi connectivity index (χ4v) is 3.44. The van der Waals surface area contributed by atoms with Crippen molar-refractivity contribution in [3.05, 3.63) is 65.4 Å². The minimum Gasteiger partial charge on any atom is -0.492 e. The van der Waals surface area contributed by atoms with Crippen LogP contribution in [0.2, 0.25) is 0 Å². The van der Waals surface area contributed by atoms with E-state index in [9.17, 15) is 8.78 Å². The van der Waals surface area contributed by atoms with Gasteiger partial charge in [0.1, 0.15) is 41.2 Å². The molecule has 9 heteroatoms. The molecule has 3 heterocycles. The molecule has 0 atom stereocenters. The highest BCUT2D eigenvalue weighted by atomic mass is 19.1. The molecule has 0 N–H and O–H groups in total. The van der Waals surface area contributed by atoms with Crippen molar-refractivity contribution in [3.8, 4) is 17.1 Å². The minimum atomic E-state index is -0.481. The summed E-state index contributed by atoms with van der Waals surface area (Å²) in [7, 11) is 3.89. The first kappa shape index (κ1) is 21.8. The summed E-state index contributed by atoms with van der Waals surface area (Å²) in [6, 6.07) is 6.14. The van der Waals surface area contributed by atoms with Gasteiger partial charge in [0.05, 0.1) is 18.4 Å². The second-order valence-electron chi connectivity index (χ2n) is 7.85. The molecular formula is C23H24F2N6O. The predicted octanol–water partition coefficient (Wildman–Crippen LogP) is 3.77. The molecular weight excluding hydrogens is 414 g/mol. The van der Waals surface area contributed by atoms with Gasteiger partial charge in [-0.05, 0) is 40.1 Å². The zero-order chi connectivity index (χ0) is 22.8. The lowest BCUT2D eigenvalue weighted by Gasteiger charge is -2.13. The van der Waals surface area contributed by atoms with Gasteiger partial charge in [-0.3, -0.25) is 4.98 Å². The number of pyridine rings is 1. The Morgan fingerprint density at radius 1 is 1.03 bits per heavy atom. The summed E-state index contributed by atoms with van der Waals surface area (Å²) < 4.78 is 36.2. The molecule has 1 aromatic carbocycles. The van der Waals surface area contributed by atoms with Crippen LogP contribution < -0.4 is 4.74 Å². The van der Waals surface area contributed by atoms with Gasteiger partial charge >= 0.3 is 0 Å². The highest BCUT2D eigenvalue weighted by molar-refractivity contribution is 5.79. The largest absolute Gasteiger partial charge is 0.492 e. The van der Waals surface area contributed by atoms with Gasteiger partial charge in [-0.2, -0.15) is 0 Å². The first-order valence-electron chi connectivity index (χ1n) is 10.2. The molecule has 0 fully saturated rings. The zero-order valence-electron chi connectivity index (χ0n) is 18.4. The molecule has 0 aliphatic heterocycles. The lowest BCUT2D eigenvalue weighted by molar-refractivity contribution is 0.260. The standard InChI is InChI=1S/C23H24F2N6O/c1-14-21-23(28-15(2)27-14)31(22(29-21)17-9-18(24)12-26-11-17)13-16-5-6-19(10-20(16)25)32-8-7-30(3)4/h5-6,9-12H,7-8,13H2,1-4H3. The topological polar surface area (TPSA) is 69.0 Å². The second kappa shape index (κ2) is 8.96. The van der Waals surface area contributed by atoms with Gasteiger partial charge in [0.15, 0.2) is 5.65 Å². The van der Waals surface area contributed by atoms with Crippen LogP contribution in [-0.4, -0.2) is 56.6 Å². The maximum Gasteiger partial charge on any atom is 0.164 e. The van der Waals surface area contributed by atoms with Crippen LogP contribution >= 0.6 is 0 Å². The number of benzene rings is 1. The van der Waals surface area contributed by atoms with E-state index in [0.29, 0.717) is 52.0 Å². The van der Waals surface area contributed by atoms with Gasteiger partial charge in [-0.15, -0.1) is 0 Å². The van der Waals surface area contributed by atoms with Crippen molar-refractivity contribution in [2.75, 3.05) is 27.2 Å². The quantitative estimate of drug-likeness (QED) is 0.438. The van der Waals surface area contributed by atoms with Crippen LogP contribution in [0.5, 0.6) is 5.75 Å². The van der Waals surface area contributed by atoms with Crippen molar-refractivity contribution < 1.29 is 13.5 Å². The van der Waals surface area contributed by atoms with Gasteiger partial charge in [-0.1, -0.05) is 6.07 Å². The maximum atomic E-state index is 15.0. The van der Waals surface area contributed by atoms with Crippen LogP contribution in [-0.2, 0) is 6.54 Å². The number of ether oxygens (including phenoxy) is 1. The Balaban J connectivity index is 1.74. The Hall–Kier alpha value is -3.46. The smallest absolute Gasteiger partial charge is 0.164 e. The van der Waals surface area contributed by atoms with Crippen LogP contribution in [0.4, 0.5) is 8.78 Å². The number of imidazole rings is 1. The third kappa shape index (κ3) is 4.57. The van der Waals surface area contributed by atoms with E-state index in [0.717, 1.165) is 12.7 Å². The second-order valence-corrected chi connectivity index (χ2v) is 7.85. The first-order chi connectivity index (χ1) is 15.3. The number of likely N-dealkylation sites (N-methyl/N-ethyl adjacent to an activating group) is 1. The molecule has 166 valence electrons. The van der Waals surface area contributed by atoms with Gasteiger partial charge in [-0.25, -0.2) is 23.7 Å². The van der Waals surface area contributed by atoms with Gasteiger partial charge in [0.25, 0.3) is 0 Å². The molecule has 0 aliphatic rings. The highest BCUT2D eigenvalue weighted by Crippen LogP contribution is 2.27. The molecule has 4 rings (SSSR count). The monoisotopic (exact) mass is 438 g/mol. The van der Waals surface area contributed by atoms with Crippen molar-refractivity contribution in [2.45, 2.75) is 20.4 Å². The summed E-state index contributed by atoms with van der Waals surface area (Å²) >= 11 is 0. The fourth-order valence-electron chi connectivity index (χ4n) is 3.44. The number of fused-ring (bicyclic) bond motifs is 1. The maximum absolute atomic E-state index is 15.0. The Morgan fingerprint density at radius 2 is 1.84 bits per heavy atom. The van der Waals surface area contributed by atoms with E-state index in [1.807, 2.05) is 25.9 Å². The average Bonchev–Trinajstić information content (AvgIpc) is 3.08. The number of nitrogens with zero attached hydrogens (tertiary/aromatic N) is 6. The number of hydrogen-bond acceptors (Lipinski definition) is 6. The summed E-state index contributed by atoms with van der Waals surface area (Å²) in [6.07, 6.45) is 2.65. The Bertz CT molecular complexity index is 1270. The van der Waals surface area contributed by atoms with E-state index >= 15 is 0 Å². The Labute approximate surface area is 184 Å². The van der Waals surface area contributed by atoms with E-state index in [1.165, 1.54) is 18.3 Å². The van der Waals surface area contributed by atoms with Crippen LogP contribution in [0, 0.1) is 25.5 Å². The summed E-state index contributed by atoms with van der Waals surface area (Å²) in [5.41, 5.74) is 2.74. The number of halogens is 2. The third-order valence-corrected chi connectivity index (χ3v) is 5.00. The minimum absolute atomic E-state index is 0.155. The molecule has 0 amide bonds. The summed E-state index contributed by atoms with van der Waals surface area (Å²) in [5, 5.41) is 0. The van der Waals surface area contributed by atoms with E-state index in [2.05, 4.69) is 19.9 Å². The summed E-state index contributed by atoms with van der Waals surface area (Å²) in [4.78, 5) is 19.5.